The maximum atomic E-state index is 11.0. The zero-order chi connectivity index (χ0) is 15.0. The van der Waals surface area contributed by atoms with Gasteiger partial charge in [0, 0.05) is 25.2 Å². The van der Waals surface area contributed by atoms with Crippen molar-refractivity contribution < 1.29 is 19.1 Å². The molecule has 0 radical (unpaired) electrons. The fourth-order valence-electron chi connectivity index (χ4n) is 1.63. The predicted molar refractivity (Wildman–Crippen MR) is 75.8 cm³/mol. The Morgan fingerprint density at radius 1 is 1.30 bits per heavy atom. The van der Waals surface area contributed by atoms with E-state index in [1.807, 2.05) is 6.92 Å². The van der Waals surface area contributed by atoms with E-state index in [4.69, 9.17) is 25.8 Å². The first-order valence-corrected chi connectivity index (χ1v) is 6.79. The standard InChI is InChI=1S/C13H18ClNO5/c1-3-19-5-4-6-20-13-8-11(15(16)17)10(9-14)7-12(13)18-2/h7-8H,3-6,9H2,1-2H3. The van der Waals surface area contributed by atoms with Crippen LogP contribution < -0.4 is 9.47 Å². The van der Waals surface area contributed by atoms with Crippen LogP contribution in [-0.2, 0) is 10.6 Å². The topological polar surface area (TPSA) is 70.8 Å². The number of hydrogen-bond donors (Lipinski definition) is 0. The Hall–Kier alpha value is -1.53. The summed E-state index contributed by atoms with van der Waals surface area (Å²) in [6.07, 6.45) is 0.696. The van der Waals surface area contributed by atoms with Gasteiger partial charge in [0.1, 0.15) is 0 Å². The van der Waals surface area contributed by atoms with Gasteiger partial charge < -0.3 is 14.2 Å². The van der Waals surface area contributed by atoms with Gasteiger partial charge in [0.2, 0.25) is 0 Å². The number of benzene rings is 1. The summed E-state index contributed by atoms with van der Waals surface area (Å²) in [6, 6.07) is 2.88. The lowest BCUT2D eigenvalue weighted by Crippen LogP contribution is -2.05. The van der Waals surface area contributed by atoms with Gasteiger partial charge in [0.15, 0.2) is 11.5 Å². The minimum Gasteiger partial charge on any atom is -0.493 e. The van der Waals surface area contributed by atoms with Gasteiger partial charge in [0.05, 0.1) is 30.6 Å². The number of nitro benzene ring substituents is 1. The Bertz CT molecular complexity index is 453. The van der Waals surface area contributed by atoms with Gasteiger partial charge in [0.25, 0.3) is 5.69 Å². The molecule has 0 unspecified atom stereocenters. The number of ether oxygens (including phenoxy) is 3. The second-order valence-electron chi connectivity index (χ2n) is 3.92. The van der Waals surface area contributed by atoms with Crippen LogP contribution in [0.3, 0.4) is 0 Å². The summed E-state index contributed by atoms with van der Waals surface area (Å²) >= 11 is 5.70. The molecule has 0 fully saturated rings. The molecule has 7 heteroatoms. The van der Waals surface area contributed by atoms with Crippen LogP contribution >= 0.6 is 11.6 Å². The highest BCUT2D eigenvalue weighted by molar-refractivity contribution is 6.17. The normalized spacial score (nSPS) is 10.3. The van der Waals surface area contributed by atoms with E-state index in [0.29, 0.717) is 43.3 Å². The van der Waals surface area contributed by atoms with Crippen molar-refractivity contribution >= 4 is 17.3 Å². The van der Waals surface area contributed by atoms with E-state index in [9.17, 15) is 10.1 Å². The first kappa shape index (κ1) is 16.5. The van der Waals surface area contributed by atoms with Gasteiger partial charge in [-0.3, -0.25) is 10.1 Å². The summed E-state index contributed by atoms with van der Waals surface area (Å²) in [7, 11) is 1.48. The molecule has 0 amide bonds. The Labute approximate surface area is 122 Å². The van der Waals surface area contributed by atoms with Crippen molar-refractivity contribution in [1.82, 2.24) is 0 Å². The van der Waals surface area contributed by atoms with E-state index < -0.39 is 4.92 Å². The minimum absolute atomic E-state index is 0.0390. The van der Waals surface area contributed by atoms with E-state index in [-0.39, 0.29) is 11.6 Å². The van der Waals surface area contributed by atoms with Crippen molar-refractivity contribution in [3.63, 3.8) is 0 Å². The third-order valence-electron chi connectivity index (χ3n) is 2.60. The lowest BCUT2D eigenvalue weighted by molar-refractivity contribution is -0.385. The monoisotopic (exact) mass is 303 g/mol. The van der Waals surface area contributed by atoms with Gasteiger partial charge in [-0.15, -0.1) is 11.6 Å². The predicted octanol–water partition coefficient (Wildman–Crippen LogP) is 3.15. The Morgan fingerprint density at radius 2 is 2.05 bits per heavy atom. The largest absolute Gasteiger partial charge is 0.493 e. The van der Waals surface area contributed by atoms with Crippen molar-refractivity contribution in [2.45, 2.75) is 19.2 Å². The summed E-state index contributed by atoms with van der Waals surface area (Å²) in [4.78, 5) is 10.5. The fraction of sp³-hybridized carbons (Fsp3) is 0.538. The number of alkyl halides is 1. The average molecular weight is 304 g/mol. The Balaban J connectivity index is 2.82. The molecule has 1 aromatic rings. The lowest BCUT2D eigenvalue weighted by Gasteiger charge is -2.12. The molecule has 20 heavy (non-hydrogen) atoms. The highest BCUT2D eigenvalue weighted by Crippen LogP contribution is 2.35. The molecule has 0 heterocycles. The highest BCUT2D eigenvalue weighted by Gasteiger charge is 2.19. The van der Waals surface area contributed by atoms with Gasteiger partial charge in [-0.25, -0.2) is 0 Å². The summed E-state index contributed by atoms with van der Waals surface area (Å²) < 4.78 is 15.9. The van der Waals surface area contributed by atoms with Crippen molar-refractivity contribution in [3.8, 4) is 11.5 Å². The molecule has 0 saturated carbocycles. The van der Waals surface area contributed by atoms with Crippen molar-refractivity contribution in [3.05, 3.63) is 27.8 Å². The molecule has 0 aliphatic rings. The minimum atomic E-state index is -0.482. The van der Waals surface area contributed by atoms with E-state index in [1.165, 1.54) is 19.2 Å². The molecule has 0 aromatic heterocycles. The van der Waals surface area contributed by atoms with E-state index >= 15 is 0 Å². The van der Waals surface area contributed by atoms with Gasteiger partial charge in [-0.2, -0.15) is 0 Å². The molecule has 112 valence electrons. The van der Waals surface area contributed by atoms with Crippen LogP contribution in [0, 0.1) is 10.1 Å². The van der Waals surface area contributed by atoms with Crippen LogP contribution in [0.2, 0.25) is 0 Å². The number of hydrogen-bond acceptors (Lipinski definition) is 5. The molecule has 1 rings (SSSR count). The number of methoxy groups -OCH3 is 1. The first-order chi connectivity index (χ1) is 9.63. The second-order valence-corrected chi connectivity index (χ2v) is 4.19. The molecular weight excluding hydrogens is 286 g/mol. The van der Waals surface area contributed by atoms with Crippen LogP contribution in [0.15, 0.2) is 12.1 Å². The quantitative estimate of drug-likeness (QED) is 0.303. The number of rotatable bonds is 9. The number of halogens is 1. The van der Waals surface area contributed by atoms with Crippen LogP contribution in [-0.4, -0.2) is 31.9 Å². The van der Waals surface area contributed by atoms with E-state index in [2.05, 4.69) is 0 Å². The van der Waals surface area contributed by atoms with Crippen LogP contribution in [0.25, 0.3) is 0 Å². The van der Waals surface area contributed by atoms with Gasteiger partial charge >= 0.3 is 0 Å². The van der Waals surface area contributed by atoms with Crippen LogP contribution in [0.5, 0.6) is 11.5 Å². The SMILES string of the molecule is CCOCCCOc1cc([N+](=O)[O-])c(CCl)cc1OC. The summed E-state index contributed by atoms with van der Waals surface area (Å²) in [5.74, 6) is 0.810. The van der Waals surface area contributed by atoms with Crippen molar-refractivity contribution in [2.24, 2.45) is 0 Å². The van der Waals surface area contributed by atoms with Gasteiger partial charge in [-0.1, -0.05) is 0 Å². The van der Waals surface area contributed by atoms with Gasteiger partial charge in [-0.05, 0) is 13.0 Å². The van der Waals surface area contributed by atoms with Crippen LogP contribution in [0.1, 0.15) is 18.9 Å². The summed E-state index contributed by atoms with van der Waals surface area (Å²) in [6.45, 7) is 3.55. The van der Waals surface area contributed by atoms with E-state index in [1.54, 1.807) is 0 Å². The summed E-state index contributed by atoms with van der Waals surface area (Å²) in [5, 5.41) is 11.0. The molecule has 0 atom stereocenters. The summed E-state index contributed by atoms with van der Waals surface area (Å²) in [5.41, 5.74) is 0.329. The van der Waals surface area contributed by atoms with Crippen molar-refractivity contribution in [1.29, 1.82) is 0 Å². The Morgan fingerprint density at radius 3 is 2.60 bits per heavy atom. The third-order valence-corrected chi connectivity index (χ3v) is 2.89. The first-order valence-electron chi connectivity index (χ1n) is 6.25. The molecule has 0 saturated heterocycles. The Kier molecular flexibility index (Phi) is 7.11. The molecular formula is C13H18ClNO5. The molecule has 0 N–H and O–H groups in total. The van der Waals surface area contributed by atoms with Crippen molar-refractivity contribution in [2.75, 3.05) is 26.9 Å². The van der Waals surface area contributed by atoms with E-state index in [0.717, 1.165) is 0 Å². The zero-order valence-electron chi connectivity index (χ0n) is 11.6. The highest BCUT2D eigenvalue weighted by atomic mass is 35.5. The second kappa shape index (κ2) is 8.60. The molecule has 0 spiro atoms. The molecule has 0 aliphatic carbocycles. The molecule has 1 aromatic carbocycles. The fourth-order valence-corrected chi connectivity index (χ4v) is 1.84. The molecule has 0 bridgehead atoms. The number of nitro groups is 1. The third kappa shape index (κ3) is 4.54. The smallest absolute Gasteiger partial charge is 0.277 e. The molecule has 6 nitrogen and oxygen atoms in total. The average Bonchev–Trinajstić information content (AvgIpc) is 2.46. The maximum Gasteiger partial charge on any atom is 0.277 e. The maximum absolute atomic E-state index is 11.0. The molecule has 0 aliphatic heterocycles. The number of nitrogens with zero attached hydrogens (tertiary/aromatic N) is 1. The lowest BCUT2D eigenvalue weighted by atomic mass is 10.2. The van der Waals surface area contributed by atoms with Crippen LogP contribution in [0.4, 0.5) is 5.69 Å². The zero-order valence-corrected chi connectivity index (χ0v) is 12.3.